The molecule has 0 unspecified atom stereocenters. The second-order valence-electron chi connectivity index (χ2n) is 4.80. The van der Waals surface area contributed by atoms with E-state index in [1.54, 1.807) is 0 Å². The standard InChI is InChI=1S/C10H17N3S/c1-10(2)3-4-13(7-10)5-8-6-14-9(11)12-8/h6H,3-5,7H2,1-2H3,(H2,11,12). The highest BCUT2D eigenvalue weighted by Crippen LogP contribution is 2.29. The van der Waals surface area contributed by atoms with Crippen molar-refractivity contribution in [2.75, 3.05) is 18.8 Å². The van der Waals surface area contributed by atoms with Gasteiger partial charge in [0.25, 0.3) is 0 Å². The number of nitrogens with two attached hydrogens (primary N) is 1. The molecular weight excluding hydrogens is 194 g/mol. The van der Waals surface area contributed by atoms with Crippen LogP contribution in [0.4, 0.5) is 5.13 Å². The van der Waals surface area contributed by atoms with Crippen LogP contribution in [-0.2, 0) is 6.54 Å². The largest absolute Gasteiger partial charge is 0.375 e. The van der Waals surface area contributed by atoms with Gasteiger partial charge in [-0.15, -0.1) is 11.3 Å². The quantitative estimate of drug-likeness (QED) is 0.813. The van der Waals surface area contributed by atoms with Crippen molar-refractivity contribution in [3.05, 3.63) is 11.1 Å². The Bertz CT molecular complexity index is 319. The summed E-state index contributed by atoms with van der Waals surface area (Å²) in [6.07, 6.45) is 1.28. The Morgan fingerprint density at radius 2 is 2.43 bits per heavy atom. The molecule has 4 heteroatoms. The highest BCUT2D eigenvalue weighted by atomic mass is 32.1. The second-order valence-corrected chi connectivity index (χ2v) is 5.69. The van der Waals surface area contributed by atoms with Crippen LogP contribution in [0.25, 0.3) is 0 Å². The average molecular weight is 211 g/mol. The van der Waals surface area contributed by atoms with Gasteiger partial charge in [0.15, 0.2) is 5.13 Å². The second kappa shape index (κ2) is 3.51. The lowest BCUT2D eigenvalue weighted by atomic mass is 9.93. The smallest absolute Gasteiger partial charge is 0.180 e. The lowest BCUT2D eigenvalue weighted by Gasteiger charge is -2.18. The molecule has 1 aromatic heterocycles. The van der Waals surface area contributed by atoms with Gasteiger partial charge in [-0.1, -0.05) is 13.8 Å². The predicted molar refractivity (Wildman–Crippen MR) is 60.2 cm³/mol. The van der Waals surface area contributed by atoms with Gasteiger partial charge in [-0.3, -0.25) is 4.90 Å². The molecule has 2 rings (SSSR count). The van der Waals surface area contributed by atoms with Crippen LogP contribution >= 0.6 is 11.3 Å². The molecular formula is C10H17N3S. The fraction of sp³-hybridized carbons (Fsp3) is 0.700. The third kappa shape index (κ3) is 2.25. The first-order valence-corrected chi connectivity index (χ1v) is 5.85. The minimum absolute atomic E-state index is 0.474. The van der Waals surface area contributed by atoms with Gasteiger partial charge in [-0.2, -0.15) is 0 Å². The molecule has 1 aromatic rings. The maximum Gasteiger partial charge on any atom is 0.180 e. The first-order valence-electron chi connectivity index (χ1n) is 4.97. The average Bonchev–Trinajstić information content (AvgIpc) is 2.59. The maximum absolute atomic E-state index is 5.60. The van der Waals surface area contributed by atoms with Crippen LogP contribution in [0.1, 0.15) is 26.0 Å². The Kier molecular flexibility index (Phi) is 2.49. The number of thiazole rings is 1. The Morgan fingerprint density at radius 3 is 2.93 bits per heavy atom. The highest BCUT2D eigenvalue weighted by Gasteiger charge is 2.29. The number of anilines is 1. The summed E-state index contributed by atoms with van der Waals surface area (Å²) in [7, 11) is 0. The molecule has 2 N–H and O–H groups in total. The van der Waals surface area contributed by atoms with E-state index in [1.165, 1.54) is 30.8 Å². The molecule has 78 valence electrons. The van der Waals surface area contributed by atoms with Crippen LogP contribution in [0, 0.1) is 5.41 Å². The summed E-state index contributed by atoms with van der Waals surface area (Å²) in [6.45, 7) is 7.96. The molecule has 14 heavy (non-hydrogen) atoms. The minimum atomic E-state index is 0.474. The van der Waals surface area contributed by atoms with Gasteiger partial charge in [0.05, 0.1) is 5.69 Å². The van der Waals surface area contributed by atoms with Crippen molar-refractivity contribution < 1.29 is 0 Å². The van der Waals surface area contributed by atoms with Gasteiger partial charge in [0, 0.05) is 18.5 Å². The van der Waals surface area contributed by atoms with Crippen LogP contribution in [0.5, 0.6) is 0 Å². The van der Waals surface area contributed by atoms with E-state index < -0.39 is 0 Å². The zero-order valence-electron chi connectivity index (χ0n) is 8.79. The molecule has 1 aliphatic heterocycles. The molecule has 0 atom stereocenters. The fourth-order valence-electron chi connectivity index (χ4n) is 1.98. The van der Waals surface area contributed by atoms with Crippen LogP contribution < -0.4 is 5.73 Å². The fourth-order valence-corrected chi connectivity index (χ4v) is 2.54. The SMILES string of the molecule is CC1(C)CCN(Cc2csc(N)n2)C1. The van der Waals surface area contributed by atoms with Gasteiger partial charge in [-0.25, -0.2) is 4.98 Å². The van der Waals surface area contributed by atoms with Crippen LogP contribution in [0.15, 0.2) is 5.38 Å². The topological polar surface area (TPSA) is 42.1 Å². The first kappa shape index (κ1) is 9.93. The summed E-state index contributed by atoms with van der Waals surface area (Å²) >= 11 is 1.53. The Hall–Kier alpha value is -0.610. The molecule has 1 aliphatic rings. The Balaban J connectivity index is 1.94. The van der Waals surface area contributed by atoms with E-state index in [2.05, 4.69) is 29.1 Å². The third-order valence-corrected chi connectivity index (χ3v) is 3.43. The zero-order valence-corrected chi connectivity index (χ0v) is 9.60. The van der Waals surface area contributed by atoms with Crippen LogP contribution in [0.2, 0.25) is 0 Å². The van der Waals surface area contributed by atoms with Crippen molar-refractivity contribution in [1.29, 1.82) is 0 Å². The number of aromatic nitrogens is 1. The Morgan fingerprint density at radius 1 is 1.64 bits per heavy atom. The van der Waals surface area contributed by atoms with E-state index in [0.29, 0.717) is 10.5 Å². The van der Waals surface area contributed by atoms with Gasteiger partial charge in [0.2, 0.25) is 0 Å². The Labute approximate surface area is 88.9 Å². The zero-order chi connectivity index (χ0) is 10.2. The number of likely N-dealkylation sites (tertiary alicyclic amines) is 1. The normalized spacial score (nSPS) is 21.6. The summed E-state index contributed by atoms with van der Waals surface area (Å²) in [4.78, 5) is 6.73. The minimum Gasteiger partial charge on any atom is -0.375 e. The lowest BCUT2D eigenvalue weighted by molar-refractivity contribution is 0.282. The number of nitrogen functional groups attached to an aromatic ring is 1. The number of nitrogens with zero attached hydrogens (tertiary/aromatic N) is 2. The molecule has 0 aromatic carbocycles. The van der Waals surface area contributed by atoms with Crippen LogP contribution in [-0.4, -0.2) is 23.0 Å². The maximum atomic E-state index is 5.60. The number of hydrogen-bond acceptors (Lipinski definition) is 4. The molecule has 2 heterocycles. The summed E-state index contributed by atoms with van der Waals surface area (Å²) in [5.41, 5.74) is 7.18. The van der Waals surface area contributed by atoms with Crippen molar-refractivity contribution in [3.8, 4) is 0 Å². The van der Waals surface area contributed by atoms with Gasteiger partial charge in [-0.05, 0) is 18.4 Å². The van der Waals surface area contributed by atoms with E-state index in [1.807, 2.05) is 0 Å². The summed E-state index contributed by atoms with van der Waals surface area (Å²) < 4.78 is 0. The molecule has 0 aliphatic carbocycles. The number of hydrogen-bond donors (Lipinski definition) is 1. The lowest BCUT2D eigenvalue weighted by Crippen LogP contribution is -2.22. The molecule has 0 spiro atoms. The van der Waals surface area contributed by atoms with Crippen molar-refractivity contribution in [2.24, 2.45) is 5.41 Å². The van der Waals surface area contributed by atoms with Gasteiger partial charge >= 0.3 is 0 Å². The van der Waals surface area contributed by atoms with E-state index in [9.17, 15) is 0 Å². The summed E-state index contributed by atoms with van der Waals surface area (Å²) in [5.74, 6) is 0. The van der Waals surface area contributed by atoms with E-state index in [0.717, 1.165) is 12.2 Å². The first-order chi connectivity index (χ1) is 6.55. The van der Waals surface area contributed by atoms with Crippen molar-refractivity contribution in [2.45, 2.75) is 26.8 Å². The molecule has 0 bridgehead atoms. The molecule has 0 radical (unpaired) electrons. The monoisotopic (exact) mass is 211 g/mol. The van der Waals surface area contributed by atoms with Crippen molar-refractivity contribution in [3.63, 3.8) is 0 Å². The van der Waals surface area contributed by atoms with Crippen molar-refractivity contribution in [1.82, 2.24) is 9.88 Å². The molecule has 0 amide bonds. The van der Waals surface area contributed by atoms with E-state index in [-0.39, 0.29) is 0 Å². The molecule has 1 saturated heterocycles. The van der Waals surface area contributed by atoms with Gasteiger partial charge < -0.3 is 5.73 Å². The van der Waals surface area contributed by atoms with Crippen LogP contribution in [0.3, 0.4) is 0 Å². The third-order valence-electron chi connectivity index (χ3n) is 2.71. The number of rotatable bonds is 2. The highest BCUT2D eigenvalue weighted by molar-refractivity contribution is 7.13. The molecule has 0 saturated carbocycles. The molecule has 3 nitrogen and oxygen atoms in total. The molecule has 1 fully saturated rings. The summed E-state index contributed by atoms with van der Waals surface area (Å²) in [6, 6.07) is 0. The van der Waals surface area contributed by atoms with Gasteiger partial charge in [0.1, 0.15) is 0 Å². The summed E-state index contributed by atoms with van der Waals surface area (Å²) in [5, 5.41) is 2.74. The van der Waals surface area contributed by atoms with E-state index >= 15 is 0 Å². The van der Waals surface area contributed by atoms with Crippen molar-refractivity contribution >= 4 is 16.5 Å². The predicted octanol–water partition coefficient (Wildman–Crippen LogP) is 1.96. The van der Waals surface area contributed by atoms with E-state index in [4.69, 9.17) is 5.73 Å².